The monoisotopic (exact) mass is 394 g/mol. The number of hydrogen-bond acceptors (Lipinski definition) is 3. The highest BCUT2D eigenvalue weighted by Gasteiger charge is 2.09. The number of allylic oxidation sites excluding steroid dienone is 1. The minimum Gasteiger partial charge on any atom is -0.494 e. The van der Waals surface area contributed by atoms with Crippen LogP contribution in [0.2, 0.25) is 0 Å². The van der Waals surface area contributed by atoms with E-state index in [0.717, 1.165) is 21.5 Å². The molecule has 3 aromatic rings. The summed E-state index contributed by atoms with van der Waals surface area (Å²) in [6, 6.07) is 14.1. The van der Waals surface area contributed by atoms with Crippen LogP contribution in [0.4, 0.5) is 0 Å². The lowest BCUT2D eigenvalue weighted by Crippen LogP contribution is -2.16. The molecule has 0 aliphatic rings. The zero-order valence-electron chi connectivity index (χ0n) is 16.6. The first-order valence-electron chi connectivity index (χ1n) is 9.55. The van der Waals surface area contributed by atoms with Gasteiger partial charge in [-0.05, 0) is 42.2 Å². The van der Waals surface area contributed by atoms with Crippen molar-refractivity contribution in [2.75, 3.05) is 6.61 Å². The average molecular weight is 395 g/mol. The Labute approximate surface area is 169 Å². The fourth-order valence-electron chi connectivity index (χ4n) is 3.04. The Balaban J connectivity index is 1.91. The van der Waals surface area contributed by atoms with E-state index < -0.39 is 0 Å². The van der Waals surface area contributed by atoms with Crippen LogP contribution in [-0.4, -0.2) is 17.1 Å². The number of rotatable bonds is 7. The predicted octanol–water partition coefficient (Wildman–Crippen LogP) is 5.08. The molecule has 0 saturated carbocycles. The third-order valence-electron chi connectivity index (χ3n) is 4.50. The number of nitrogens with zero attached hydrogens (tertiary/aromatic N) is 2. The standard InChI is InChI=1S/C23H26N2O2S/c1-5-13-25-20-12-11-19(27-6-2)15-21(20)28-23(25)24-22(26)14-17-7-9-18(10-8-17)16(3)4/h5,7-12,15-16H,1,6,13-14H2,2-4H3. The van der Waals surface area contributed by atoms with Crippen LogP contribution in [0.3, 0.4) is 0 Å². The van der Waals surface area contributed by atoms with E-state index in [9.17, 15) is 4.79 Å². The molecule has 0 N–H and O–H groups in total. The first kappa shape index (κ1) is 20.1. The summed E-state index contributed by atoms with van der Waals surface area (Å²) in [6.07, 6.45) is 2.11. The number of carbonyl (C=O) groups excluding carboxylic acids is 1. The zero-order valence-corrected chi connectivity index (χ0v) is 17.5. The summed E-state index contributed by atoms with van der Waals surface area (Å²) in [4.78, 5) is 17.7. The number of hydrogen-bond donors (Lipinski definition) is 0. The minimum atomic E-state index is -0.147. The van der Waals surface area contributed by atoms with Gasteiger partial charge in [0.15, 0.2) is 4.80 Å². The van der Waals surface area contributed by atoms with E-state index in [-0.39, 0.29) is 5.91 Å². The third kappa shape index (κ3) is 4.60. The molecule has 1 heterocycles. The number of ether oxygens (including phenoxy) is 1. The van der Waals surface area contributed by atoms with Gasteiger partial charge in [-0.15, -0.1) is 6.58 Å². The summed E-state index contributed by atoms with van der Waals surface area (Å²) in [5.41, 5.74) is 3.28. The van der Waals surface area contributed by atoms with Crippen molar-refractivity contribution in [2.45, 2.75) is 39.7 Å². The molecule has 0 fully saturated rings. The summed E-state index contributed by atoms with van der Waals surface area (Å²) < 4.78 is 8.65. The number of fused-ring (bicyclic) bond motifs is 1. The van der Waals surface area contributed by atoms with Crippen LogP contribution in [0.25, 0.3) is 10.2 Å². The number of amides is 1. The molecule has 3 rings (SSSR count). The van der Waals surface area contributed by atoms with Gasteiger partial charge >= 0.3 is 0 Å². The Morgan fingerprint density at radius 2 is 2.00 bits per heavy atom. The lowest BCUT2D eigenvalue weighted by molar-refractivity contribution is -0.117. The Morgan fingerprint density at radius 1 is 1.25 bits per heavy atom. The molecule has 4 nitrogen and oxygen atoms in total. The van der Waals surface area contributed by atoms with Crippen molar-refractivity contribution in [1.29, 1.82) is 0 Å². The van der Waals surface area contributed by atoms with Crippen molar-refractivity contribution in [1.82, 2.24) is 4.57 Å². The molecule has 1 amide bonds. The van der Waals surface area contributed by atoms with Gasteiger partial charge in [-0.25, -0.2) is 0 Å². The summed E-state index contributed by atoms with van der Waals surface area (Å²) in [6.45, 7) is 11.3. The SMILES string of the molecule is C=CCn1c(=NC(=O)Cc2ccc(C(C)C)cc2)sc2cc(OCC)ccc21. The summed E-state index contributed by atoms with van der Waals surface area (Å²) >= 11 is 1.50. The van der Waals surface area contributed by atoms with Gasteiger partial charge in [0.1, 0.15) is 5.75 Å². The van der Waals surface area contributed by atoms with E-state index in [2.05, 4.69) is 37.6 Å². The molecule has 5 heteroatoms. The molecule has 0 bridgehead atoms. The second-order valence-electron chi connectivity index (χ2n) is 6.93. The molecule has 28 heavy (non-hydrogen) atoms. The van der Waals surface area contributed by atoms with Gasteiger partial charge in [-0.3, -0.25) is 4.79 Å². The van der Waals surface area contributed by atoms with Gasteiger partial charge in [0.25, 0.3) is 5.91 Å². The van der Waals surface area contributed by atoms with E-state index in [4.69, 9.17) is 4.74 Å². The van der Waals surface area contributed by atoms with E-state index in [0.29, 0.717) is 30.3 Å². The maximum absolute atomic E-state index is 12.6. The minimum absolute atomic E-state index is 0.147. The molecule has 0 radical (unpaired) electrons. The molecular weight excluding hydrogens is 368 g/mol. The molecule has 0 aliphatic heterocycles. The molecule has 2 aromatic carbocycles. The van der Waals surface area contributed by atoms with Crippen LogP contribution in [0, 0.1) is 0 Å². The van der Waals surface area contributed by atoms with Crippen LogP contribution >= 0.6 is 11.3 Å². The molecule has 0 atom stereocenters. The van der Waals surface area contributed by atoms with Gasteiger partial charge in [0, 0.05) is 6.54 Å². The Hall–Kier alpha value is -2.66. The molecule has 0 aliphatic carbocycles. The molecule has 0 spiro atoms. The number of aromatic nitrogens is 1. The van der Waals surface area contributed by atoms with Crippen molar-refractivity contribution in [3.63, 3.8) is 0 Å². The van der Waals surface area contributed by atoms with Gasteiger partial charge in [-0.2, -0.15) is 4.99 Å². The van der Waals surface area contributed by atoms with Crippen LogP contribution in [0.1, 0.15) is 37.8 Å². The predicted molar refractivity (Wildman–Crippen MR) is 116 cm³/mol. The van der Waals surface area contributed by atoms with Crippen molar-refractivity contribution >= 4 is 27.5 Å². The largest absolute Gasteiger partial charge is 0.494 e. The first-order valence-corrected chi connectivity index (χ1v) is 10.4. The maximum Gasteiger partial charge on any atom is 0.252 e. The molecule has 1 aromatic heterocycles. The van der Waals surface area contributed by atoms with Gasteiger partial charge in [-0.1, -0.05) is 55.5 Å². The number of carbonyl (C=O) groups is 1. The smallest absolute Gasteiger partial charge is 0.252 e. The molecular formula is C23H26N2O2S. The fourth-order valence-corrected chi connectivity index (χ4v) is 4.13. The summed E-state index contributed by atoms with van der Waals surface area (Å²) in [5, 5.41) is 0. The molecule has 146 valence electrons. The normalized spacial score (nSPS) is 11.9. The van der Waals surface area contributed by atoms with Crippen molar-refractivity contribution in [3.8, 4) is 5.75 Å². The van der Waals surface area contributed by atoms with E-state index in [1.54, 1.807) is 0 Å². The third-order valence-corrected chi connectivity index (χ3v) is 5.54. The van der Waals surface area contributed by atoms with Crippen molar-refractivity contribution < 1.29 is 9.53 Å². The van der Waals surface area contributed by atoms with E-state index >= 15 is 0 Å². The van der Waals surface area contributed by atoms with Crippen molar-refractivity contribution in [2.24, 2.45) is 4.99 Å². The van der Waals surface area contributed by atoms with Crippen LogP contribution < -0.4 is 9.54 Å². The zero-order chi connectivity index (χ0) is 20.1. The van der Waals surface area contributed by atoms with Gasteiger partial charge in [0.05, 0.1) is 23.2 Å². The van der Waals surface area contributed by atoms with Crippen LogP contribution in [0.5, 0.6) is 5.75 Å². The lowest BCUT2D eigenvalue weighted by atomic mass is 10.0. The highest BCUT2D eigenvalue weighted by Crippen LogP contribution is 2.23. The summed E-state index contributed by atoms with van der Waals surface area (Å²) in [5.74, 6) is 1.16. The second kappa shape index (κ2) is 9.02. The molecule has 0 unspecified atom stereocenters. The Kier molecular flexibility index (Phi) is 6.47. The van der Waals surface area contributed by atoms with E-state index in [1.807, 2.05) is 47.9 Å². The molecule has 0 saturated heterocycles. The lowest BCUT2D eigenvalue weighted by Gasteiger charge is -2.05. The number of benzene rings is 2. The van der Waals surface area contributed by atoms with Gasteiger partial charge in [0.2, 0.25) is 0 Å². The Bertz CT molecular complexity index is 1040. The second-order valence-corrected chi connectivity index (χ2v) is 7.93. The van der Waals surface area contributed by atoms with Crippen molar-refractivity contribution in [3.05, 3.63) is 71.0 Å². The quantitative estimate of drug-likeness (QED) is 0.525. The summed E-state index contributed by atoms with van der Waals surface area (Å²) in [7, 11) is 0. The topological polar surface area (TPSA) is 43.6 Å². The van der Waals surface area contributed by atoms with E-state index in [1.165, 1.54) is 16.9 Å². The number of thiazole rings is 1. The first-order chi connectivity index (χ1) is 13.5. The highest BCUT2D eigenvalue weighted by molar-refractivity contribution is 7.16. The van der Waals surface area contributed by atoms with Crippen LogP contribution in [-0.2, 0) is 17.8 Å². The highest BCUT2D eigenvalue weighted by atomic mass is 32.1. The van der Waals surface area contributed by atoms with Crippen LogP contribution in [0.15, 0.2) is 60.1 Å². The Morgan fingerprint density at radius 3 is 2.64 bits per heavy atom. The van der Waals surface area contributed by atoms with Gasteiger partial charge < -0.3 is 9.30 Å². The maximum atomic E-state index is 12.6. The average Bonchev–Trinajstić information content (AvgIpc) is 2.99. The fraction of sp³-hybridized carbons (Fsp3) is 0.304.